The van der Waals surface area contributed by atoms with Crippen LogP contribution >= 0.6 is 22.6 Å². The normalized spacial score (nSPS) is 23.6. The van der Waals surface area contributed by atoms with Gasteiger partial charge in [-0.3, -0.25) is 0 Å². The van der Waals surface area contributed by atoms with Crippen molar-refractivity contribution in [2.24, 2.45) is 0 Å². The number of halogens is 3. The molecule has 1 fully saturated rings. The Bertz CT molecular complexity index is 800. The fourth-order valence-corrected chi connectivity index (χ4v) is 3.28. The van der Waals surface area contributed by atoms with E-state index in [1.807, 2.05) is 0 Å². The maximum Gasteiger partial charge on any atom is 0.338 e. The zero-order chi connectivity index (χ0) is 19.4. The van der Waals surface area contributed by atoms with Crippen LogP contribution in [0.5, 0.6) is 0 Å². The van der Waals surface area contributed by atoms with Gasteiger partial charge < -0.3 is 14.2 Å². The third-order valence-corrected chi connectivity index (χ3v) is 5.07. The highest BCUT2D eigenvalue weighted by molar-refractivity contribution is 14.1. The molecule has 27 heavy (non-hydrogen) atoms. The summed E-state index contributed by atoms with van der Waals surface area (Å²) in [5, 5.41) is 0. The molecular formula is C19H15F2IO5. The molecule has 5 nitrogen and oxygen atoms in total. The predicted molar refractivity (Wildman–Crippen MR) is 100.0 cm³/mol. The smallest absolute Gasteiger partial charge is 0.338 e. The number of carbonyl (C=O) groups is 2. The van der Waals surface area contributed by atoms with Crippen LogP contribution in [0.3, 0.4) is 0 Å². The van der Waals surface area contributed by atoms with Gasteiger partial charge in [-0.05, 0) is 46.9 Å². The molecule has 0 spiro atoms. The number of alkyl halides is 3. The van der Waals surface area contributed by atoms with Gasteiger partial charge in [0.1, 0.15) is 12.7 Å². The summed E-state index contributed by atoms with van der Waals surface area (Å²) in [6.07, 6.45) is -3.14. The summed E-state index contributed by atoms with van der Waals surface area (Å²) in [5.74, 6) is -4.99. The number of carbonyl (C=O) groups excluding carboxylic acids is 2. The van der Waals surface area contributed by atoms with E-state index in [1.54, 1.807) is 48.5 Å². The van der Waals surface area contributed by atoms with Gasteiger partial charge in [-0.25, -0.2) is 9.59 Å². The quantitative estimate of drug-likeness (QED) is 0.364. The van der Waals surface area contributed by atoms with Gasteiger partial charge in [0.05, 0.1) is 11.1 Å². The number of esters is 2. The SMILES string of the molecule is O=C(OC[C@H]1OC(I)C(F)(F)[C@@H]1OC(=O)c1ccccc1)c1ccccc1. The van der Waals surface area contributed by atoms with Crippen molar-refractivity contribution < 1.29 is 32.6 Å². The maximum absolute atomic E-state index is 14.4. The molecule has 1 unspecified atom stereocenters. The van der Waals surface area contributed by atoms with Gasteiger partial charge in [0.2, 0.25) is 0 Å². The van der Waals surface area contributed by atoms with E-state index in [9.17, 15) is 18.4 Å². The van der Waals surface area contributed by atoms with Gasteiger partial charge in [-0.15, -0.1) is 0 Å². The highest BCUT2D eigenvalue weighted by Gasteiger charge is 2.60. The molecule has 3 atom stereocenters. The highest BCUT2D eigenvalue weighted by Crippen LogP contribution is 2.41. The van der Waals surface area contributed by atoms with Crippen LogP contribution in [0.25, 0.3) is 0 Å². The van der Waals surface area contributed by atoms with Crippen molar-refractivity contribution in [3.05, 3.63) is 71.8 Å². The molecule has 0 amide bonds. The zero-order valence-corrected chi connectivity index (χ0v) is 16.0. The van der Waals surface area contributed by atoms with Crippen LogP contribution in [0.4, 0.5) is 8.78 Å². The van der Waals surface area contributed by atoms with Crippen LogP contribution in [0.1, 0.15) is 20.7 Å². The van der Waals surface area contributed by atoms with E-state index in [2.05, 4.69) is 0 Å². The molecule has 2 aromatic carbocycles. The Kier molecular flexibility index (Phi) is 6.05. The Morgan fingerprint density at radius 2 is 1.48 bits per heavy atom. The number of hydrogen-bond acceptors (Lipinski definition) is 5. The van der Waals surface area contributed by atoms with Gasteiger partial charge in [0, 0.05) is 0 Å². The Morgan fingerprint density at radius 3 is 2.04 bits per heavy atom. The van der Waals surface area contributed by atoms with E-state index in [0.29, 0.717) is 0 Å². The van der Waals surface area contributed by atoms with E-state index in [4.69, 9.17) is 14.2 Å². The minimum absolute atomic E-state index is 0.144. The summed E-state index contributed by atoms with van der Waals surface area (Å²) >= 11 is 1.43. The monoisotopic (exact) mass is 488 g/mol. The van der Waals surface area contributed by atoms with E-state index < -0.39 is 40.8 Å². The first kappa shape index (κ1) is 19.7. The molecule has 8 heteroatoms. The second kappa shape index (κ2) is 8.30. The molecule has 0 bridgehead atoms. The third kappa shape index (κ3) is 4.44. The average molecular weight is 488 g/mol. The van der Waals surface area contributed by atoms with Gasteiger partial charge in [0.15, 0.2) is 10.2 Å². The topological polar surface area (TPSA) is 61.8 Å². The van der Waals surface area contributed by atoms with Crippen LogP contribution in [0.2, 0.25) is 0 Å². The second-order valence-electron chi connectivity index (χ2n) is 5.82. The largest absolute Gasteiger partial charge is 0.459 e. The molecule has 1 aliphatic rings. The van der Waals surface area contributed by atoms with Gasteiger partial charge in [0.25, 0.3) is 0 Å². The molecule has 142 valence electrons. The van der Waals surface area contributed by atoms with Crippen molar-refractivity contribution in [2.75, 3.05) is 6.61 Å². The lowest BCUT2D eigenvalue weighted by Gasteiger charge is -2.22. The van der Waals surface area contributed by atoms with Crippen molar-refractivity contribution in [3.63, 3.8) is 0 Å². The van der Waals surface area contributed by atoms with Crippen molar-refractivity contribution in [1.82, 2.24) is 0 Å². The van der Waals surface area contributed by atoms with Crippen LogP contribution in [-0.2, 0) is 14.2 Å². The van der Waals surface area contributed by atoms with Crippen molar-refractivity contribution >= 4 is 34.5 Å². The number of hydrogen-bond donors (Lipinski definition) is 0. The standard InChI is InChI=1S/C19H15F2IO5/c20-19(21)15(27-17(24)13-9-5-2-6-10-13)14(26-18(19)22)11-25-16(23)12-7-3-1-4-8-12/h1-10,14-15,18H,11H2/t14-,15-,18?/m1/s1. The molecule has 3 rings (SSSR count). The summed E-state index contributed by atoms with van der Waals surface area (Å²) < 4.78 is 42.6. The summed E-state index contributed by atoms with van der Waals surface area (Å²) in [4.78, 5) is 24.2. The summed E-state index contributed by atoms with van der Waals surface area (Å²) in [6, 6.07) is 15.9. The minimum Gasteiger partial charge on any atom is -0.459 e. The molecule has 1 saturated heterocycles. The molecule has 0 N–H and O–H groups in total. The van der Waals surface area contributed by atoms with Crippen LogP contribution < -0.4 is 0 Å². The van der Waals surface area contributed by atoms with E-state index >= 15 is 0 Å². The zero-order valence-electron chi connectivity index (χ0n) is 13.9. The Balaban J connectivity index is 1.69. The molecule has 0 aliphatic carbocycles. The first-order chi connectivity index (χ1) is 12.9. The molecular weight excluding hydrogens is 473 g/mol. The summed E-state index contributed by atoms with van der Waals surface area (Å²) in [5.41, 5.74) is 0.427. The van der Waals surface area contributed by atoms with E-state index in [1.165, 1.54) is 34.7 Å². The molecule has 2 aromatic rings. The molecule has 0 saturated carbocycles. The first-order valence-corrected chi connectivity index (χ1v) is 9.29. The Labute approximate surface area is 167 Å². The fraction of sp³-hybridized carbons (Fsp3) is 0.263. The Morgan fingerprint density at radius 1 is 0.963 bits per heavy atom. The van der Waals surface area contributed by atoms with Crippen molar-refractivity contribution in [1.29, 1.82) is 0 Å². The van der Waals surface area contributed by atoms with Crippen molar-refractivity contribution in [2.45, 2.75) is 22.2 Å². The highest BCUT2D eigenvalue weighted by atomic mass is 127. The van der Waals surface area contributed by atoms with Crippen LogP contribution in [-0.4, -0.2) is 40.8 Å². The fourth-order valence-electron chi connectivity index (χ4n) is 2.55. The van der Waals surface area contributed by atoms with Crippen molar-refractivity contribution in [3.8, 4) is 0 Å². The van der Waals surface area contributed by atoms with E-state index in [0.717, 1.165) is 0 Å². The average Bonchev–Trinajstić information content (AvgIpc) is 2.90. The predicted octanol–water partition coefficient (Wildman–Crippen LogP) is 3.86. The third-order valence-electron chi connectivity index (χ3n) is 3.95. The lowest BCUT2D eigenvalue weighted by atomic mass is 10.1. The van der Waals surface area contributed by atoms with Gasteiger partial charge >= 0.3 is 17.9 Å². The number of rotatable bonds is 5. The summed E-state index contributed by atoms with van der Waals surface area (Å²) in [7, 11) is 0. The van der Waals surface area contributed by atoms with Crippen LogP contribution in [0.15, 0.2) is 60.7 Å². The van der Waals surface area contributed by atoms with Gasteiger partial charge in [-0.1, -0.05) is 36.4 Å². The molecule has 0 aromatic heterocycles. The number of ether oxygens (including phenoxy) is 3. The van der Waals surface area contributed by atoms with Crippen LogP contribution in [0, 0.1) is 0 Å². The lowest BCUT2D eigenvalue weighted by Crippen LogP contribution is -2.43. The molecule has 0 radical (unpaired) electrons. The van der Waals surface area contributed by atoms with Gasteiger partial charge in [-0.2, -0.15) is 8.78 Å². The number of benzene rings is 2. The van der Waals surface area contributed by atoms with E-state index in [-0.39, 0.29) is 11.1 Å². The Hall–Kier alpha value is -2.07. The molecule has 1 heterocycles. The lowest BCUT2D eigenvalue weighted by molar-refractivity contribution is -0.0971. The maximum atomic E-state index is 14.4. The first-order valence-electron chi connectivity index (χ1n) is 8.05. The molecule has 1 aliphatic heterocycles. The minimum atomic E-state index is -3.42. The second-order valence-corrected chi connectivity index (χ2v) is 6.95. The summed E-state index contributed by atoms with van der Waals surface area (Å²) in [6.45, 7) is -0.463.